The molecule has 0 saturated heterocycles. The molecule has 0 aliphatic heterocycles. The first kappa shape index (κ1) is 10.8. The van der Waals surface area contributed by atoms with Crippen LogP contribution >= 0.6 is 0 Å². The summed E-state index contributed by atoms with van der Waals surface area (Å²) in [5.41, 5.74) is 5.50. The smallest absolute Gasteiger partial charge is 0.222 e. The summed E-state index contributed by atoms with van der Waals surface area (Å²) in [5.74, 6) is 0.701. The highest BCUT2D eigenvalue weighted by Crippen LogP contribution is 2.12. The molecule has 0 spiro atoms. The van der Waals surface area contributed by atoms with Crippen LogP contribution in [0.15, 0.2) is 22.8 Å². The van der Waals surface area contributed by atoms with Gasteiger partial charge in [0.15, 0.2) is 0 Å². The van der Waals surface area contributed by atoms with Gasteiger partial charge < -0.3 is 15.5 Å². The maximum atomic E-state index is 11.3. The molecule has 3 N–H and O–H groups in total. The molecule has 2 atom stereocenters. The summed E-state index contributed by atoms with van der Waals surface area (Å²) in [7, 11) is 0. The lowest BCUT2D eigenvalue weighted by Crippen LogP contribution is -2.31. The normalized spacial score (nSPS) is 14.8. The minimum Gasteiger partial charge on any atom is -0.467 e. The molecular weight excluding hydrogens is 180 g/mol. The maximum absolute atomic E-state index is 11.3. The minimum absolute atomic E-state index is 0.0519. The molecule has 0 aliphatic carbocycles. The van der Waals surface area contributed by atoms with Crippen molar-refractivity contribution >= 4 is 5.91 Å². The Morgan fingerprint density at radius 3 is 2.86 bits per heavy atom. The van der Waals surface area contributed by atoms with Crippen LogP contribution in [-0.2, 0) is 4.79 Å². The molecule has 1 aromatic heterocycles. The van der Waals surface area contributed by atoms with Gasteiger partial charge in [-0.3, -0.25) is 4.79 Å². The van der Waals surface area contributed by atoms with E-state index in [9.17, 15) is 4.79 Å². The average molecular weight is 196 g/mol. The molecule has 0 aliphatic rings. The number of carbonyl (C=O) groups excluding carboxylic acids is 1. The zero-order chi connectivity index (χ0) is 10.6. The van der Waals surface area contributed by atoms with Gasteiger partial charge in [-0.15, -0.1) is 0 Å². The standard InChI is InChI=1S/C10H16N2O2/c1-7(11)6-10(13)12-8(2)9-4-3-5-14-9/h3-5,7-8H,6,11H2,1-2H3,(H,12,13)/t7?,8-/m0/s1. The fraction of sp³-hybridized carbons (Fsp3) is 0.500. The van der Waals surface area contributed by atoms with Gasteiger partial charge in [0.1, 0.15) is 5.76 Å². The van der Waals surface area contributed by atoms with Crippen LogP contribution in [0.2, 0.25) is 0 Å². The van der Waals surface area contributed by atoms with E-state index >= 15 is 0 Å². The van der Waals surface area contributed by atoms with Gasteiger partial charge in [-0.2, -0.15) is 0 Å². The molecule has 0 radical (unpaired) electrons. The third kappa shape index (κ3) is 3.22. The Morgan fingerprint density at radius 1 is 1.64 bits per heavy atom. The minimum atomic E-state index is -0.112. The molecule has 14 heavy (non-hydrogen) atoms. The molecule has 0 fully saturated rings. The largest absolute Gasteiger partial charge is 0.467 e. The van der Waals surface area contributed by atoms with Crippen molar-refractivity contribution in [2.24, 2.45) is 5.73 Å². The Labute approximate surface area is 83.5 Å². The lowest BCUT2D eigenvalue weighted by Gasteiger charge is -2.12. The van der Waals surface area contributed by atoms with Gasteiger partial charge in [0.25, 0.3) is 0 Å². The number of nitrogens with two attached hydrogens (primary N) is 1. The summed E-state index contributed by atoms with van der Waals surface area (Å²) in [6.07, 6.45) is 1.93. The number of hydrogen-bond acceptors (Lipinski definition) is 3. The van der Waals surface area contributed by atoms with E-state index in [2.05, 4.69) is 5.32 Å². The fourth-order valence-electron chi connectivity index (χ4n) is 1.20. The van der Waals surface area contributed by atoms with E-state index < -0.39 is 0 Å². The summed E-state index contributed by atoms with van der Waals surface area (Å²) in [5, 5.41) is 2.80. The van der Waals surface area contributed by atoms with Gasteiger partial charge in [0, 0.05) is 12.5 Å². The van der Waals surface area contributed by atoms with Gasteiger partial charge in [0.2, 0.25) is 5.91 Å². The number of nitrogens with one attached hydrogen (secondary N) is 1. The van der Waals surface area contributed by atoms with Crippen LogP contribution < -0.4 is 11.1 Å². The van der Waals surface area contributed by atoms with Gasteiger partial charge >= 0.3 is 0 Å². The van der Waals surface area contributed by atoms with E-state index in [1.807, 2.05) is 13.0 Å². The van der Waals surface area contributed by atoms with Crippen LogP contribution in [0.1, 0.15) is 32.1 Å². The molecule has 4 heteroatoms. The van der Waals surface area contributed by atoms with Gasteiger partial charge in [-0.1, -0.05) is 0 Å². The van der Waals surface area contributed by atoms with Gasteiger partial charge in [0.05, 0.1) is 12.3 Å². The summed E-state index contributed by atoms with van der Waals surface area (Å²) < 4.78 is 5.16. The number of rotatable bonds is 4. The summed E-state index contributed by atoms with van der Waals surface area (Å²) >= 11 is 0. The number of hydrogen-bond donors (Lipinski definition) is 2. The number of amides is 1. The Morgan fingerprint density at radius 2 is 2.36 bits per heavy atom. The van der Waals surface area contributed by atoms with Crippen molar-refractivity contribution in [2.75, 3.05) is 0 Å². The highest BCUT2D eigenvalue weighted by Gasteiger charge is 2.12. The van der Waals surface area contributed by atoms with Crippen LogP contribution in [0.5, 0.6) is 0 Å². The Bertz CT molecular complexity index is 280. The molecule has 1 amide bonds. The van der Waals surface area contributed by atoms with Crippen molar-refractivity contribution < 1.29 is 9.21 Å². The van der Waals surface area contributed by atoms with Gasteiger partial charge in [-0.05, 0) is 26.0 Å². The molecule has 1 rings (SSSR count). The zero-order valence-corrected chi connectivity index (χ0v) is 8.49. The van der Waals surface area contributed by atoms with Crippen LogP contribution in [0.25, 0.3) is 0 Å². The van der Waals surface area contributed by atoms with E-state index in [0.29, 0.717) is 6.42 Å². The topological polar surface area (TPSA) is 68.3 Å². The third-order valence-corrected chi connectivity index (χ3v) is 1.85. The van der Waals surface area contributed by atoms with Crippen molar-refractivity contribution in [3.63, 3.8) is 0 Å². The Balaban J connectivity index is 2.41. The first-order valence-corrected chi connectivity index (χ1v) is 4.68. The van der Waals surface area contributed by atoms with E-state index in [-0.39, 0.29) is 18.0 Å². The quantitative estimate of drug-likeness (QED) is 0.760. The second-order valence-electron chi connectivity index (χ2n) is 3.49. The van der Waals surface area contributed by atoms with Crippen molar-refractivity contribution in [2.45, 2.75) is 32.4 Å². The van der Waals surface area contributed by atoms with Gasteiger partial charge in [-0.25, -0.2) is 0 Å². The SMILES string of the molecule is CC(N)CC(=O)N[C@@H](C)c1ccco1. The Hall–Kier alpha value is -1.29. The summed E-state index contributed by atoms with van der Waals surface area (Å²) in [6, 6.07) is 3.41. The second kappa shape index (κ2) is 4.81. The first-order chi connectivity index (χ1) is 6.59. The molecule has 78 valence electrons. The number of furan rings is 1. The first-order valence-electron chi connectivity index (χ1n) is 4.68. The van der Waals surface area contributed by atoms with Crippen LogP contribution in [0, 0.1) is 0 Å². The molecule has 0 saturated carbocycles. The maximum Gasteiger partial charge on any atom is 0.222 e. The Kier molecular flexibility index (Phi) is 3.71. The molecule has 0 aromatic carbocycles. The monoisotopic (exact) mass is 196 g/mol. The van der Waals surface area contributed by atoms with Crippen molar-refractivity contribution in [1.29, 1.82) is 0 Å². The fourth-order valence-corrected chi connectivity index (χ4v) is 1.20. The molecule has 4 nitrogen and oxygen atoms in total. The highest BCUT2D eigenvalue weighted by molar-refractivity contribution is 5.76. The summed E-state index contributed by atoms with van der Waals surface area (Å²) in [4.78, 5) is 11.3. The zero-order valence-electron chi connectivity index (χ0n) is 8.49. The molecular formula is C10H16N2O2. The van der Waals surface area contributed by atoms with Crippen molar-refractivity contribution in [3.05, 3.63) is 24.2 Å². The predicted molar refractivity (Wildman–Crippen MR) is 53.5 cm³/mol. The molecule has 0 bridgehead atoms. The third-order valence-electron chi connectivity index (χ3n) is 1.85. The van der Waals surface area contributed by atoms with Crippen LogP contribution in [0.4, 0.5) is 0 Å². The molecule has 1 unspecified atom stereocenters. The predicted octanol–water partition coefficient (Wildman–Crippen LogP) is 1.19. The van der Waals surface area contributed by atoms with E-state index in [1.54, 1.807) is 19.3 Å². The van der Waals surface area contributed by atoms with Crippen LogP contribution in [-0.4, -0.2) is 11.9 Å². The lowest BCUT2D eigenvalue weighted by molar-refractivity contribution is -0.122. The lowest BCUT2D eigenvalue weighted by atomic mass is 10.2. The van der Waals surface area contributed by atoms with Crippen LogP contribution in [0.3, 0.4) is 0 Å². The van der Waals surface area contributed by atoms with E-state index in [4.69, 9.17) is 10.2 Å². The summed E-state index contributed by atoms with van der Waals surface area (Å²) in [6.45, 7) is 3.68. The number of carbonyl (C=O) groups is 1. The second-order valence-corrected chi connectivity index (χ2v) is 3.49. The highest BCUT2D eigenvalue weighted by atomic mass is 16.3. The molecule has 1 heterocycles. The van der Waals surface area contributed by atoms with Crippen molar-refractivity contribution in [3.8, 4) is 0 Å². The molecule has 1 aromatic rings. The van der Waals surface area contributed by atoms with E-state index in [0.717, 1.165) is 5.76 Å². The van der Waals surface area contributed by atoms with Crippen molar-refractivity contribution in [1.82, 2.24) is 5.32 Å². The van der Waals surface area contributed by atoms with E-state index in [1.165, 1.54) is 0 Å². The average Bonchev–Trinajstić information content (AvgIpc) is 2.53.